The van der Waals surface area contributed by atoms with Gasteiger partial charge in [0.2, 0.25) is 0 Å². The Kier molecular flexibility index (Phi) is 2.55. The fourth-order valence-corrected chi connectivity index (χ4v) is 1.55. The Labute approximate surface area is 92.0 Å². The molecule has 0 aromatic carbocycles. The van der Waals surface area contributed by atoms with E-state index in [1.54, 1.807) is 6.92 Å². The minimum Gasteiger partial charge on any atom is -0.476 e. The molecule has 2 aromatic heterocycles. The summed E-state index contributed by atoms with van der Waals surface area (Å²) in [5, 5.41) is 13.2. The summed E-state index contributed by atoms with van der Waals surface area (Å²) in [6.07, 6.45) is 3.14. The average Bonchev–Trinajstić information content (AvgIpc) is 2.59. The molecule has 6 heteroatoms. The number of carboxylic acid groups (broad SMARTS) is 1. The van der Waals surface area contributed by atoms with E-state index in [1.807, 2.05) is 6.92 Å². The van der Waals surface area contributed by atoms with Crippen LogP contribution in [0.5, 0.6) is 0 Å². The number of aromatic nitrogens is 4. The second-order valence-electron chi connectivity index (χ2n) is 3.58. The minimum atomic E-state index is -1.02. The van der Waals surface area contributed by atoms with Gasteiger partial charge in [-0.05, 0) is 13.3 Å². The van der Waals surface area contributed by atoms with Gasteiger partial charge in [-0.25, -0.2) is 9.78 Å². The second kappa shape index (κ2) is 3.88. The normalized spacial score (nSPS) is 10.9. The Morgan fingerprint density at radius 3 is 2.94 bits per heavy atom. The van der Waals surface area contributed by atoms with Crippen molar-refractivity contribution >= 4 is 11.7 Å². The maximum atomic E-state index is 11.1. The van der Waals surface area contributed by atoms with Gasteiger partial charge in [-0.3, -0.25) is 0 Å². The van der Waals surface area contributed by atoms with Crippen LogP contribution in [0.15, 0.2) is 6.20 Å². The van der Waals surface area contributed by atoms with Crippen molar-refractivity contribution in [3.05, 3.63) is 23.3 Å². The molecule has 1 N–H and O–H groups in total. The van der Waals surface area contributed by atoms with E-state index in [1.165, 1.54) is 10.7 Å². The Balaban J connectivity index is 2.67. The molecule has 2 aromatic rings. The van der Waals surface area contributed by atoms with Crippen molar-refractivity contribution in [2.24, 2.45) is 0 Å². The summed E-state index contributed by atoms with van der Waals surface area (Å²) in [4.78, 5) is 19.3. The second-order valence-corrected chi connectivity index (χ2v) is 3.58. The number of hydrogen-bond acceptors (Lipinski definition) is 4. The van der Waals surface area contributed by atoms with Gasteiger partial charge in [0.25, 0.3) is 5.78 Å². The highest BCUT2D eigenvalue weighted by molar-refractivity contribution is 5.87. The number of nitrogens with zero attached hydrogens (tertiary/aromatic N) is 4. The molecule has 0 aliphatic heterocycles. The Hall–Kier alpha value is -1.98. The molecule has 0 unspecified atom stereocenters. The smallest absolute Gasteiger partial charge is 0.355 e. The standard InChI is InChI=1S/C10H12N4O2/c1-3-4-7-12-10-11-5-6(2)8(9(15)16)14(10)13-7/h5H,3-4H2,1-2H3,(H,15,16). The molecule has 84 valence electrons. The van der Waals surface area contributed by atoms with Gasteiger partial charge >= 0.3 is 5.97 Å². The summed E-state index contributed by atoms with van der Waals surface area (Å²) < 4.78 is 1.29. The summed E-state index contributed by atoms with van der Waals surface area (Å²) in [6.45, 7) is 3.71. The number of aromatic carboxylic acids is 1. The van der Waals surface area contributed by atoms with Gasteiger partial charge < -0.3 is 5.11 Å². The van der Waals surface area contributed by atoms with E-state index in [0.717, 1.165) is 12.8 Å². The largest absolute Gasteiger partial charge is 0.476 e. The predicted molar refractivity (Wildman–Crippen MR) is 56.5 cm³/mol. The van der Waals surface area contributed by atoms with Gasteiger partial charge in [-0.2, -0.15) is 9.50 Å². The van der Waals surface area contributed by atoms with Crippen LogP contribution in [0.3, 0.4) is 0 Å². The lowest BCUT2D eigenvalue weighted by molar-refractivity contribution is 0.0686. The molecule has 0 aliphatic carbocycles. The van der Waals surface area contributed by atoms with Crippen molar-refractivity contribution in [2.45, 2.75) is 26.7 Å². The number of fused-ring (bicyclic) bond motifs is 1. The Morgan fingerprint density at radius 1 is 1.56 bits per heavy atom. The minimum absolute atomic E-state index is 0.125. The molecule has 0 fully saturated rings. The van der Waals surface area contributed by atoms with Crippen LogP contribution in [-0.2, 0) is 6.42 Å². The van der Waals surface area contributed by atoms with Crippen molar-refractivity contribution < 1.29 is 9.90 Å². The molecule has 0 radical (unpaired) electrons. The fourth-order valence-electron chi connectivity index (χ4n) is 1.55. The molecule has 0 bridgehead atoms. The van der Waals surface area contributed by atoms with Crippen molar-refractivity contribution in [3.8, 4) is 0 Å². The summed E-state index contributed by atoms with van der Waals surface area (Å²) in [5.41, 5.74) is 0.702. The molecule has 0 saturated heterocycles. The number of aryl methyl sites for hydroxylation is 2. The molecule has 0 atom stereocenters. The summed E-state index contributed by atoms with van der Waals surface area (Å²) in [5.74, 6) is -0.0487. The zero-order valence-corrected chi connectivity index (χ0v) is 9.14. The highest BCUT2D eigenvalue weighted by Crippen LogP contribution is 2.09. The number of rotatable bonds is 3. The molecule has 6 nitrogen and oxygen atoms in total. The SMILES string of the molecule is CCCc1nc2ncc(C)c(C(=O)O)n2n1. The maximum Gasteiger partial charge on any atom is 0.355 e. The number of hydrogen-bond donors (Lipinski definition) is 1. The molecule has 2 rings (SSSR count). The lowest BCUT2D eigenvalue weighted by Gasteiger charge is -2.00. The molecular formula is C10H12N4O2. The Morgan fingerprint density at radius 2 is 2.31 bits per heavy atom. The fraction of sp³-hybridized carbons (Fsp3) is 0.400. The maximum absolute atomic E-state index is 11.1. The molecule has 0 amide bonds. The van der Waals surface area contributed by atoms with Gasteiger partial charge in [0.15, 0.2) is 11.5 Å². The van der Waals surface area contributed by atoms with Gasteiger partial charge in [0.1, 0.15) is 0 Å². The molecule has 0 spiro atoms. The van der Waals surface area contributed by atoms with E-state index in [2.05, 4.69) is 15.1 Å². The van der Waals surface area contributed by atoms with Crippen LogP contribution in [0.25, 0.3) is 5.78 Å². The van der Waals surface area contributed by atoms with Crippen LogP contribution in [0.4, 0.5) is 0 Å². The van der Waals surface area contributed by atoms with Crippen LogP contribution >= 0.6 is 0 Å². The van der Waals surface area contributed by atoms with Crippen molar-refractivity contribution in [1.29, 1.82) is 0 Å². The zero-order chi connectivity index (χ0) is 11.7. The van der Waals surface area contributed by atoms with Gasteiger partial charge in [0, 0.05) is 18.2 Å². The topological polar surface area (TPSA) is 80.4 Å². The van der Waals surface area contributed by atoms with E-state index in [0.29, 0.717) is 17.2 Å². The van der Waals surface area contributed by atoms with Crippen molar-refractivity contribution in [1.82, 2.24) is 19.6 Å². The van der Waals surface area contributed by atoms with Crippen molar-refractivity contribution in [2.75, 3.05) is 0 Å². The quantitative estimate of drug-likeness (QED) is 0.837. The van der Waals surface area contributed by atoms with Crippen LogP contribution in [0.2, 0.25) is 0 Å². The first kappa shape index (κ1) is 10.5. The molecule has 16 heavy (non-hydrogen) atoms. The van der Waals surface area contributed by atoms with E-state index < -0.39 is 5.97 Å². The van der Waals surface area contributed by atoms with Crippen LogP contribution in [-0.4, -0.2) is 30.7 Å². The van der Waals surface area contributed by atoms with Gasteiger partial charge in [-0.15, -0.1) is 5.10 Å². The highest BCUT2D eigenvalue weighted by atomic mass is 16.4. The summed E-state index contributed by atoms with van der Waals surface area (Å²) >= 11 is 0. The zero-order valence-electron chi connectivity index (χ0n) is 9.14. The van der Waals surface area contributed by atoms with Gasteiger partial charge in [-0.1, -0.05) is 6.92 Å². The number of carboxylic acids is 1. The molecular weight excluding hydrogens is 208 g/mol. The first-order valence-electron chi connectivity index (χ1n) is 5.08. The van der Waals surface area contributed by atoms with Gasteiger partial charge in [0.05, 0.1) is 0 Å². The van der Waals surface area contributed by atoms with E-state index in [4.69, 9.17) is 5.11 Å². The van der Waals surface area contributed by atoms with Crippen LogP contribution in [0.1, 0.15) is 35.2 Å². The first-order valence-corrected chi connectivity index (χ1v) is 5.08. The summed E-state index contributed by atoms with van der Waals surface area (Å²) in [7, 11) is 0. The third kappa shape index (κ3) is 1.62. The first-order chi connectivity index (χ1) is 7.63. The lowest BCUT2D eigenvalue weighted by Crippen LogP contribution is -2.10. The van der Waals surface area contributed by atoms with Crippen molar-refractivity contribution in [3.63, 3.8) is 0 Å². The molecule has 0 saturated carbocycles. The Bertz CT molecular complexity index is 547. The average molecular weight is 220 g/mol. The van der Waals surface area contributed by atoms with Crippen LogP contribution < -0.4 is 0 Å². The number of carbonyl (C=O) groups is 1. The van der Waals surface area contributed by atoms with E-state index in [-0.39, 0.29) is 5.69 Å². The predicted octanol–water partition coefficient (Wildman–Crippen LogP) is 1.08. The van der Waals surface area contributed by atoms with E-state index in [9.17, 15) is 4.79 Å². The molecule has 2 heterocycles. The molecule has 0 aliphatic rings. The van der Waals surface area contributed by atoms with E-state index >= 15 is 0 Å². The third-order valence-electron chi connectivity index (χ3n) is 2.27. The monoisotopic (exact) mass is 220 g/mol. The summed E-state index contributed by atoms with van der Waals surface area (Å²) in [6, 6.07) is 0. The third-order valence-corrected chi connectivity index (χ3v) is 2.27. The lowest BCUT2D eigenvalue weighted by atomic mass is 10.2. The highest BCUT2D eigenvalue weighted by Gasteiger charge is 2.15. The van der Waals surface area contributed by atoms with Crippen LogP contribution in [0, 0.1) is 6.92 Å².